The van der Waals surface area contributed by atoms with Crippen molar-refractivity contribution in [3.63, 3.8) is 0 Å². The second-order valence-corrected chi connectivity index (χ2v) is 5.62. The first-order valence-corrected chi connectivity index (χ1v) is 7.84. The van der Waals surface area contributed by atoms with Crippen LogP contribution in [-0.2, 0) is 6.54 Å². The van der Waals surface area contributed by atoms with Crippen molar-refractivity contribution in [3.8, 4) is 0 Å². The van der Waals surface area contributed by atoms with Crippen LogP contribution in [0.4, 0.5) is 5.95 Å². The third kappa shape index (κ3) is 3.76. The van der Waals surface area contributed by atoms with Gasteiger partial charge in [0, 0.05) is 30.6 Å². The van der Waals surface area contributed by atoms with Crippen molar-refractivity contribution in [2.24, 2.45) is 0 Å². The molecule has 0 unspecified atom stereocenters. The van der Waals surface area contributed by atoms with Gasteiger partial charge in [-0.15, -0.1) is 0 Å². The topological polar surface area (TPSA) is 140 Å². The first-order chi connectivity index (χ1) is 10.0. The van der Waals surface area contributed by atoms with E-state index in [1.807, 2.05) is 6.26 Å². The van der Waals surface area contributed by atoms with Crippen LogP contribution in [0.2, 0.25) is 0 Å². The Morgan fingerprint density at radius 2 is 2.24 bits per heavy atom. The molecule has 0 saturated carbocycles. The average molecular weight is 313 g/mol. The Bertz CT molecular complexity index is 656. The number of hydrogen-bond donors (Lipinski definition) is 6. The van der Waals surface area contributed by atoms with Crippen LogP contribution in [0.5, 0.6) is 0 Å². The molecule has 0 spiro atoms. The predicted molar refractivity (Wildman–Crippen MR) is 83.2 cm³/mol. The van der Waals surface area contributed by atoms with Crippen LogP contribution in [0.1, 0.15) is 5.56 Å². The molecule has 2 aromatic heterocycles. The third-order valence-electron chi connectivity index (χ3n) is 3.08. The van der Waals surface area contributed by atoms with Gasteiger partial charge in [-0.3, -0.25) is 9.78 Å². The van der Waals surface area contributed by atoms with Crippen molar-refractivity contribution in [2.75, 3.05) is 24.3 Å². The second kappa shape index (κ2) is 6.94. The summed E-state index contributed by atoms with van der Waals surface area (Å²) in [5.41, 5.74) is 6.85. The molecule has 8 nitrogen and oxygen atoms in total. The number of aliphatic hydroxyl groups is 2. The van der Waals surface area contributed by atoms with Crippen LogP contribution < -0.4 is 16.6 Å². The Kier molecular flexibility index (Phi) is 5.23. The van der Waals surface area contributed by atoms with Crippen LogP contribution in [0.25, 0.3) is 11.0 Å². The largest absolute Gasteiger partial charge is 0.390 e. The minimum atomic E-state index is -0.843. The second-order valence-electron chi connectivity index (χ2n) is 4.71. The summed E-state index contributed by atoms with van der Waals surface area (Å²) in [7, 11) is 0. The van der Waals surface area contributed by atoms with Gasteiger partial charge in [-0.1, -0.05) is 0 Å². The quantitative estimate of drug-likeness (QED) is 0.385. The highest BCUT2D eigenvalue weighted by Gasteiger charge is 2.15. The maximum atomic E-state index is 11.7. The van der Waals surface area contributed by atoms with Crippen LogP contribution in [0, 0.1) is 0 Å². The molecule has 0 radical (unpaired) electrons. The lowest BCUT2D eigenvalue weighted by Gasteiger charge is -2.17. The van der Waals surface area contributed by atoms with Crippen molar-refractivity contribution < 1.29 is 10.2 Å². The van der Waals surface area contributed by atoms with E-state index < -0.39 is 12.2 Å². The highest BCUT2D eigenvalue weighted by molar-refractivity contribution is 7.98. The summed E-state index contributed by atoms with van der Waals surface area (Å²) < 4.78 is 0. The fourth-order valence-electron chi connectivity index (χ4n) is 1.99. The van der Waals surface area contributed by atoms with Crippen molar-refractivity contribution in [1.29, 1.82) is 0 Å². The number of fused-ring (bicyclic) bond motifs is 1. The lowest BCUT2D eigenvalue weighted by Crippen LogP contribution is -2.37. The number of rotatable bonds is 7. The molecule has 21 heavy (non-hydrogen) atoms. The number of hydrogen-bond acceptors (Lipinski definition) is 7. The van der Waals surface area contributed by atoms with Gasteiger partial charge in [0.05, 0.1) is 12.2 Å². The number of aromatic nitrogens is 3. The smallest absolute Gasteiger partial charge is 0.276 e. The van der Waals surface area contributed by atoms with Crippen LogP contribution in [0.15, 0.2) is 11.0 Å². The van der Waals surface area contributed by atoms with Gasteiger partial charge in [0.25, 0.3) is 5.56 Å². The van der Waals surface area contributed by atoms with E-state index in [1.165, 1.54) is 11.8 Å². The highest BCUT2D eigenvalue weighted by Crippen LogP contribution is 2.12. The van der Waals surface area contributed by atoms with E-state index in [-0.39, 0.29) is 18.1 Å². The van der Waals surface area contributed by atoms with Gasteiger partial charge in [0.1, 0.15) is 11.0 Å². The van der Waals surface area contributed by atoms with Crippen LogP contribution in [0.3, 0.4) is 0 Å². The molecule has 0 bridgehead atoms. The van der Waals surface area contributed by atoms with E-state index in [4.69, 9.17) is 5.73 Å². The zero-order valence-electron chi connectivity index (χ0n) is 11.6. The summed E-state index contributed by atoms with van der Waals surface area (Å²) in [6, 6.07) is 0. The molecule has 2 aromatic rings. The summed E-state index contributed by atoms with van der Waals surface area (Å²) in [4.78, 5) is 21.0. The lowest BCUT2D eigenvalue weighted by molar-refractivity contribution is 0.0347. The van der Waals surface area contributed by atoms with Gasteiger partial charge in [0.2, 0.25) is 5.95 Å². The number of anilines is 1. The van der Waals surface area contributed by atoms with E-state index in [1.54, 1.807) is 6.20 Å². The van der Waals surface area contributed by atoms with Crippen molar-refractivity contribution in [1.82, 2.24) is 20.3 Å². The van der Waals surface area contributed by atoms with Gasteiger partial charge >= 0.3 is 0 Å². The first-order valence-electron chi connectivity index (χ1n) is 6.44. The fourth-order valence-corrected chi connectivity index (χ4v) is 2.56. The molecule has 2 atom stereocenters. The zero-order valence-corrected chi connectivity index (χ0v) is 12.4. The Morgan fingerprint density at radius 3 is 2.95 bits per heavy atom. The number of nitrogens with one attached hydrogen (secondary N) is 3. The van der Waals surface area contributed by atoms with Gasteiger partial charge in [-0.2, -0.15) is 11.8 Å². The molecule has 0 aromatic carbocycles. The van der Waals surface area contributed by atoms with Gasteiger partial charge in [-0.05, 0) is 6.26 Å². The number of aliphatic hydroxyl groups excluding tert-OH is 2. The lowest BCUT2D eigenvalue weighted by atomic mass is 10.2. The van der Waals surface area contributed by atoms with Crippen LogP contribution in [-0.4, -0.2) is 55.9 Å². The molecule has 0 amide bonds. The monoisotopic (exact) mass is 313 g/mol. The van der Waals surface area contributed by atoms with E-state index in [2.05, 4.69) is 20.3 Å². The zero-order chi connectivity index (χ0) is 15.4. The number of nitrogens with two attached hydrogens (primary N) is 1. The Labute approximate surface area is 125 Å². The number of aromatic amines is 2. The minimum absolute atomic E-state index is 0.0591. The maximum Gasteiger partial charge on any atom is 0.276 e. The molecule has 2 heterocycles. The normalized spacial score (nSPS) is 14.4. The van der Waals surface area contributed by atoms with Gasteiger partial charge in [-0.25, -0.2) is 4.98 Å². The molecule has 0 aliphatic carbocycles. The highest BCUT2D eigenvalue weighted by atomic mass is 32.2. The van der Waals surface area contributed by atoms with Crippen molar-refractivity contribution in [2.45, 2.75) is 18.8 Å². The molecule has 0 aliphatic rings. The van der Waals surface area contributed by atoms with Crippen molar-refractivity contribution in [3.05, 3.63) is 22.1 Å². The van der Waals surface area contributed by atoms with Gasteiger partial charge in [0.15, 0.2) is 0 Å². The summed E-state index contributed by atoms with van der Waals surface area (Å²) >= 11 is 1.47. The van der Waals surface area contributed by atoms with Gasteiger partial charge < -0.3 is 26.2 Å². The van der Waals surface area contributed by atoms with E-state index >= 15 is 0 Å². The average Bonchev–Trinajstić information content (AvgIpc) is 2.82. The molecule has 116 valence electrons. The van der Waals surface area contributed by atoms with E-state index in [0.717, 1.165) is 5.56 Å². The molecular formula is C12H19N5O3S. The number of nitrogens with zero attached hydrogens (tertiary/aromatic N) is 1. The Balaban J connectivity index is 2.00. The summed E-state index contributed by atoms with van der Waals surface area (Å²) in [6.07, 6.45) is 1.92. The molecule has 0 fully saturated rings. The van der Waals surface area contributed by atoms with Crippen LogP contribution >= 0.6 is 11.8 Å². The Hall–Kier alpha value is -1.55. The molecule has 2 rings (SSSR count). The molecule has 0 aliphatic heterocycles. The molecule has 0 saturated heterocycles. The third-order valence-corrected chi connectivity index (χ3v) is 3.76. The SMILES string of the molecule is CSC[C@@H](O)[C@@H](O)CNCc1c[nH]c2c(=O)[nH]c(N)nc12. The summed E-state index contributed by atoms with van der Waals surface area (Å²) in [5, 5.41) is 22.4. The Morgan fingerprint density at radius 1 is 1.48 bits per heavy atom. The summed E-state index contributed by atoms with van der Waals surface area (Å²) in [5.74, 6) is 0.535. The molecule has 7 N–H and O–H groups in total. The molecular weight excluding hydrogens is 294 g/mol. The standard InChI is InChI=1S/C12H19N5O3S/c1-21-5-8(19)7(18)4-14-2-6-3-15-10-9(6)16-12(13)17-11(10)20/h3,7-8,14-15,18-19H,2,4-5H2,1H3,(H3,13,16,17,20)/t7-,8+/m0/s1. The predicted octanol–water partition coefficient (Wildman–Crippen LogP) is -0.992. The number of thioether (sulfide) groups is 1. The first kappa shape index (κ1) is 15.8. The fraction of sp³-hybridized carbons (Fsp3) is 0.500. The summed E-state index contributed by atoms with van der Waals surface area (Å²) in [6.45, 7) is 0.645. The van der Waals surface area contributed by atoms with E-state index in [0.29, 0.717) is 23.3 Å². The number of nitrogen functional groups attached to an aromatic ring is 1. The maximum absolute atomic E-state index is 11.7. The van der Waals surface area contributed by atoms with Crippen molar-refractivity contribution >= 4 is 28.7 Å². The van der Waals surface area contributed by atoms with E-state index in [9.17, 15) is 15.0 Å². The number of H-pyrrole nitrogens is 2. The molecule has 9 heteroatoms. The minimum Gasteiger partial charge on any atom is -0.390 e.